The number of hydrogen-bond acceptors (Lipinski definition) is 4. The maximum atomic E-state index is 13.0. The Bertz CT molecular complexity index is 649. The first kappa shape index (κ1) is 19.5. The van der Waals surface area contributed by atoms with Crippen molar-refractivity contribution in [3.8, 4) is 0 Å². The number of benzene rings is 2. The van der Waals surface area contributed by atoms with Gasteiger partial charge in [0.15, 0.2) is 0 Å². The highest BCUT2D eigenvalue weighted by atomic mass is 19.1. The zero-order chi connectivity index (χ0) is 18.4. The van der Waals surface area contributed by atoms with Gasteiger partial charge in [-0.25, -0.2) is 8.78 Å². The molecule has 0 saturated heterocycles. The Balaban J connectivity index is 1.98. The summed E-state index contributed by atoms with van der Waals surface area (Å²) in [6.45, 7) is 0. The predicted molar refractivity (Wildman–Crippen MR) is 93.0 cm³/mol. The molecule has 0 aliphatic rings. The van der Waals surface area contributed by atoms with Crippen LogP contribution in [0.4, 0.5) is 8.78 Å². The lowest BCUT2D eigenvalue weighted by molar-refractivity contribution is -0.0157. The molecule has 0 heterocycles. The Morgan fingerprint density at radius 1 is 0.840 bits per heavy atom. The molecule has 0 bridgehead atoms. The Hall–Kier alpha value is -1.86. The Kier molecular flexibility index (Phi) is 7.01. The van der Waals surface area contributed by atoms with Crippen molar-refractivity contribution < 1.29 is 19.0 Å². The lowest BCUT2D eigenvalue weighted by Gasteiger charge is -2.30. The van der Waals surface area contributed by atoms with Crippen molar-refractivity contribution in [2.45, 2.75) is 37.1 Å². The third-order valence-corrected chi connectivity index (χ3v) is 4.33. The van der Waals surface area contributed by atoms with Gasteiger partial charge >= 0.3 is 0 Å². The van der Waals surface area contributed by atoms with Gasteiger partial charge in [-0.1, -0.05) is 24.3 Å². The first-order chi connectivity index (χ1) is 11.9. The van der Waals surface area contributed by atoms with Crippen molar-refractivity contribution in [3.63, 3.8) is 0 Å². The molecule has 25 heavy (non-hydrogen) atoms. The highest BCUT2D eigenvalue weighted by Crippen LogP contribution is 2.14. The second-order valence-corrected chi connectivity index (χ2v) is 6.20. The summed E-state index contributed by atoms with van der Waals surface area (Å²) < 4.78 is 25.9. The molecule has 2 aromatic rings. The lowest BCUT2D eigenvalue weighted by atomic mass is 9.92. The van der Waals surface area contributed by atoms with Crippen LogP contribution in [0.15, 0.2) is 48.5 Å². The molecule has 5 N–H and O–H groups in total. The lowest BCUT2D eigenvalue weighted by Crippen LogP contribution is -2.53. The van der Waals surface area contributed by atoms with Crippen molar-refractivity contribution in [2.24, 2.45) is 5.73 Å². The fraction of sp³-hybridized carbons (Fsp3) is 0.368. The van der Waals surface area contributed by atoms with E-state index in [-0.39, 0.29) is 11.6 Å². The SMILES string of the molecule is CN[C@H](Cc1ccc(F)cc1)[C@H](O)[C@@H](O)[C@H](N)Cc1ccc(F)cc1. The largest absolute Gasteiger partial charge is 0.389 e. The molecule has 0 fully saturated rings. The maximum absolute atomic E-state index is 13.0. The first-order valence-corrected chi connectivity index (χ1v) is 8.18. The van der Waals surface area contributed by atoms with Gasteiger partial charge in [0, 0.05) is 12.1 Å². The molecule has 2 rings (SSSR count). The van der Waals surface area contributed by atoms with Crippen molar-refractivity contribution in [1.82, 2.24) is 5.32 Å². The minimum absolute atomic E-state index is 0.311. The molecule has 4 nitrogen and oxygen atoms in total. The van der Waals surface area contributed by atoms with Crippen LogP contribution in [0.25, 0.3) is 0 Å². The van der Waals surface area contributed by atoms with E-state index in [9.17, 15) is 19.0 Å². The van der Waals surface area contributed by atoms with Crippen molar-refractivity contribution >= 4 is 0 Å². The normalized spacial score (nSPS) is 16.2. The molecule has 0 amide bonds. The van der Waals surface area contributed by atoms with Gasteiger partial charge in [0.05, 0.1) is 12.2 Å². The Morgan fingerprint density at radius 3 is 1.72 bits per heavy atom. The number of likely N-dealkylation sites (N-methyl/N-ethyl adjacent to an activating group) is 1. The first-order valence-electron chi connectivity index (χ1n) is 8.18. The molecule has 0 saturated carbocycles. The van der Waals surface area contributed by atoms with E-state index in [1.807, 2.05) is 0 Å². The average molecular weight is 350 g/mol. The van der Waals surface area contributed by atoms with E-state index >= 15 is 0 Å². The Morgan fingerprint density at radius 2 is 1.28 bits per heavy atom. The van der Waals surface area contributed by atoms with Crippen LogP contribution in [0.5, 0.6) is 0 Å². The third-order valence-electron chi connectivity index (χ3n) is 4.33. The molecule has 2 aromatic carbocycles. The number of halogens is 2. The van der Waals surface area contributed by atoms with Crippen LogP contribution in [0.1, 0.15) is 11.1 Å². The van der Waals surface area contributed by atoms with Crippen LogP contribution < -0.4 is 11.1 Å². The highest BCUT2D eigenvalue weighted by molar-refractivity contribution is 5.19. The molecule has 0 radical (unpaired) electrons. The topological polar surface area (TPSA) is 78.5 Å². The van der Waals surface area contributed by atoms with Crippen molar-refractivity contribution in [1.29, 1.82) is 0 Å². The van der Waals surface area contributed by atoms with E-state index in [2.05, 4.69) is 5.32 Å². The summed E-state index contributed by atoms with van der Waals surface area (Å²) in [5.41, 5.74) is 7.62. The number of aliphatic hydroxyl groups is 2. The summed E-state index contributed by atoms with van der Waals surface area (Å²) in [6, 6.07) is 10.7. The van der Waals surface area contributed by atoms with E-state index in [4.69, 9.17) is 5.73 Å². The number of nitrogens with two attached hydrogens (primary N) is 1. The van der Waals surface area contributed by atoms with Crippen LogP contribution >= 0.6 is 0 Å². The quantitative estimate of drug-likeness (QED) is 0.580. The van der Waals surface area contributed by atoms with Gasteiger partial charge in [0.2, 0.25) is 0 Å². The van der Waals surface area contributed by atoms with Gasteiger partial charge in [-0.05, 0) is 55.3 Å². The maximum Gasteiger partial charge on any atom is 0.123 e. The standard InChI is InChI=1S/C19H24F2N2O2/c1-23-17(11-13-4-8-15(21)9-5-13)19(25)18(24)16(22)10-12-2-6-14(20)7-3-12/h2-9,16-19,23-25H,10-11,22H2,1H3/t16-,17-,18+,19+/m1/s1. The van der Waals surface area contributed by atoms with E-state index in [1.54, 1.807) is 31.3 Å². The van der Waals surface area contributed by atoms with Gasteiger partial charge in [-0.2, -0.15) is 0 Å². The van der Waals surface area contributed by atoms with Crippen LogP contribution in [0, 0.1) is 11.6 Å². The number of rotatable bonds is 8. The molecule has 4 atom stereocenters. The minimum Gasteiger partial charge on any atom is -0.389 e. The van der Waals surface area contributed by atoms with E-state index < -0.39 is 24.3 Å². The van der Waals surface area contributed by atoms with E-state index in [1.165, 1.54) is 24.3 Å². The van der Waals surface area contributed by atoms with Gasteiger partial charge in [0.25, 0.3) is 0 Å². The number of nitrogens with one attached hydrogen (secondary N) is 1. The third kappa shape index (κ3) is 5.57. The molecule has 6 heteroatoms. The van der Waals surface area contributed by atoms with Crippen LogP contribution in [0.2, 0.25) is 0 Å². The van der Waals surface area contributed by atoms with Gasteiger partial charge in [0.1, 0.15) is 11.6 Å². The molecule has 0 aliphatic heterocycles. The fourth-order valence-electron chi connectivity index (χ4n) is 2.77. The molecule has 0 unspecified atom stereocenters. The summed E-state index contributed by atoms with van der Waals surface area (Å²) in [7, 11) is 1.68. The fourth-order valence-corrected chi connectivity index (χ4v) is 2.77. The molecule has 136 valence electrons. The minimum atomic E-state index is -1.16. The summed E-state index contributed by atoms with van der Waals surface area (Å²) >= 11 is 0. The molecular formula is C19H24F2N2O2. The van der Waals surface area contributed by atoms with Gasteiger partial charge in [-0.15, -0.1) is 0 Å². The zero-order valence-corrected chi connectivity index (χ0v) is 14.1. The van der Waals surface area contributed by atoms with Crippen LogP contribution in [-0.2, 0) is 12.8 Å². The number of hydrogen-bond donors (Lipinski definition) is 4. The van der Waals surface area contributed by atoms with Gasteiger partial charge < -0.3 is 21.3 Å². The summed E-state index contributed by atoms with van der Waals surface area (Å²) in [5, 5.41) is 23.8. The monoisotopic (exact) mass is 350 g/mol. The molecular weight excluding hydrogens is 326 g/mol. The van der Waals surface area contributed by atoms with Crippen LogP contribution in [0.3, 0.4) is 0 Å². The van der Waals surface area contributed by atoms with E-state index in [0.29, 0.717) is 12.8 Å². The molecule has 0 aromatic heterocycles. The summed E-state index contributed by atoms with van der Waals surface area (Å²) in [5.74, 6) is -0.667. The number of aliphatic hydroxyl groups excluding tert-OH is 2. The molecule has 0 spiro atoms. The highest BCUT2D eigenvalue weighted by Gasteiger charge is 2.29. The molecule has 0 aliphatic carbocycles. The summed E-state index contributed by atoms with van der Waals surface area (Å²) in [6.07, 6.45) is -1.54. The van der Waals surface area contributed by atoms with Gasteiger partial charge in [-0.3, -0.25) is 0 Å². The smallest absolute Gasteiger partial charge is 0.123 e. The van der Waals surface area contributed by atoms with Crippen LogP contribution in [-0.4, -0.2) is 41.6 Å². The summed E-state index contributed by atoms with van der Waals surface area (Å²) in [4.78, 5) is 0. The van der Waals surface area contributed by atoms with Crippen molar-refractivity contribution in [3.05, 3.63) is 71.3 Å². The second kappa shape index (κ2) is 9.01. The second-order valence-electron chi connectivity index (χ2n) is 6.20. The predicted octanol–water partition coefficient (Wildman–Crippen LogP) is 1.39. The Labute approximate surface area is 146 Å². The van der Waals surface area contributed by atoms with E-state index in [0.717, 1.165) is 11.1 Å². The zero-order valence-electron chi connectivity index (χ0n) is 14.1. The van der Waals surface area contributed by atoms with Crippen molar-refractivity contribution in [2.75, 3.05) is 7.05 Å². The average Bonchev–Trinajstić information content (AvgIpc) is 2.62.